The predicted molar refractivity (Wildman–Crippen MR) is 95.3 cm³/mol. The van der Waals surface area contributed by atoms with Gasteiger partial charge in [-0.2, -0.15) is 0 Å². The molecule has 4 rings (SSSR count). The smallest absolute Gasteiger partial charge is 0.255 e. The van der Waals surface area contributed by atoms with Crippen LogP contribution in [0.4, 0.5) is 8.78 Å². The van der Waals surface area contributed by atoms with Crippen molar-refractivity contribution in [2.24, 2.45) is 5.73 Å². The SMILES string of the molecule is N[C@@H]1CC(F)(F)C[C@H]1NCc1ccc2c(c1)CN(C1CCC(=O)NC1=O)C2=O. The summed E-state index contributed by atoms with van der Waals surface area (Å²) in [6, 6.07) is 3.63. The second-order valence-corrected chi connectivity index (χ2v) is 7.81. The molecule has 3 amide bonds. The van der Waals surface area contributed by atoms with Gasteiger partial charge in [0.2, 0.25) is 11.8 Å². The molecule has 1 aromatic rings. The maximum absolute atomic E-state index is 13.5. The number of benzene rings is 1. The Hall–Kier alpha value is -2.39. The molecule has 0 bridgehead atoms. The largest absolute Gasteiger partial charge is 0.326 e. The lowest BCUT2D eigenvalue weighted by molar-refractivity contribution is -0.136. The minimum atomic E-state index is -2.73. The van der Waals surface area contributed by atoms with Gasteiger partial charge < -0.3 is 16.0 Å². The number of carbonyl (C=O) groups is 3. The van der Waals surface area contributed by atoms with Gasteiger partial charge in [0, 0.05) is 50.0 Å². The second kappa shape index (κ2) is 6.89. The van der Waals surface area contributed by atoms with Gasteiger partial charge in [-0.05, 0) is 23.6 Å². The van der Waals surface area contributed by atoms with Crippen molar-refractivity contribution in [2.75, 3.05) is 0 Å². The molecule has 150 valence electrons. The summed E-state index contributed by atoms with van der Waals surface area (Å²) in [5.41, 5.74) is 7.97. The van der Waals surface area contributed by atoms with Crippen LogP contribution in [0.25, 0.3) is 0 Å². The molecule has 28 heavy (non-hydrogen) atoms. The fourth-order valence-corrected chi connectivity index (χ4v) is 4.25. The fraction of sp³-hybridized carbons (Fsp3) is 0.526. The van der Waals surface area contributed by atoms with Crippen LogP contribution in [0.15, 0.2) is 18.2 Å². The van der Waals surface area contributed by atoms with Crippen LogP contribution in [0, 0.1) is 0 Å². The third-order valence-corrected chi connectivity index (χ3v) is 5.73. The van der Waals surface area contributed by atoms with Crippen molar-refractivity contribution >= 4 is 17.7 Å². The lowest BCUT2D eigenvalue weighted by Gasteiger charge is -2.29. The van der Waals surface area contributed by atoms with Crippen LogP contribution < -0.4 is 16.4 Å². The summed E-state index contributed by atoms with van der Waals surface area (Å²) in [6.45, 7) is 0.656. The number of amides is 3. The van der Waals surface area contributed by atoms with Gasteiger partial charge in [-0.1, -0.05) is 12.1 Å². The monoisotopic (exact) mass is 392 g/mol. The van der Waals surface area contributed by atoms with Crippen molar-refractivity contribution in [3.63, 3.8) is 0 Å². The molecule has 0 aromatic heterocycles. The molecule has 1 unspecified atom stereocenters. The molecular formula is C19H22F2N4O3. The number of piperidine rings is 1. The van der Waals surface area contributed by atoms with E-state index in [1.165, 1.54) is 4.90 Å². The van der Waals surface area contributed by atoms with E-state index in [0.29, 0.717) is 18.5 Å². The highest BCUT2D eigenvalue weighted by Gasteiger charge is 2.44. The van der Waals surface area contributed by atoms with Gasteiger partial charge in [-0.25, -0.2) is 8.78 Å². The number of hydrogen-bond acceptors (Lipinski definition) is 5. The Morgan fingerprint density at radius 1 is 1.25 bits per heavy atom. The summed E-state index contributed by atoms with van der Waals surface area (Å²) in [6.07, 6.45) is -0.0737. The Balaban J connectivity index is 1.43. The summed E-state index contributed by atoms with van der Waals surface area (Å²) in [7, 11) is 0. The first-order chi connectivity index (χ1) is 13.2. The van der Waals surface area contributed by atoms with Crippen molar-refractivity contribution < 1.29 is 23.2 Å². The topological polar surface area (TPSA) is 105 Å². The van der Waals surface area contributed by atoms with Crippen LogP contribution in [0.5, 0.6) is 0 Å². The quantitative estimate of drug-likeness (QED) is 0.653. The summed E-state index contributed by atoms with van der Waals surface area (Å²) in [4.78, 5) is 37.5. The molecule has 7 nitrogen and oxygen atoms in total. The van der Waals surface area contributed by atoms with Crippen molar-refractivity contribution in [1.82, 2.24) is 15.5 Å². The van der Waals surface area contributed by atoms with Crippen molar-refractivity contribution in [1.29, 1.82) is 0 Å². The zero-order chi connectivity index (χ0) is 20.1. The Bertz CT molecular complexity index is 844. The number of nitrogens with one attached hydrogen (secondary N) is 2. The molecule has 2 fully saturated rings. The number of hydrogen-bond donors (Lipinski definition) is 3. The standard InChI is InChI=1S/C19H22F2N4O3/c20-19(21)6-13(22)14(7-19)23-8-10-1-2-12-11(5-10)9-25(18(12)28)15-3-4-16(26)24-17(15)27/h1-2,5,13-15,23H,3-4,6-9,22H2,(H,24,26,27)/t13-,14-,15?/m1/s1. The van der Waals surface area contributed by atoms with E-state index in [2.05, 4.69) is 10.6 Å². The van der Waals surface area contributed by atoms with E-state index in [1.54, 1.807) is 12.1 Å². The van der Waals surface area contributed by atoms with Crippen LogP contribution in [0.1, 0.15) is 47.2 Å². The van der Waals surface area contributed by atoms with E-state index in [9.17, 15) is 23.2 Å². The van der Waals surface area contributed by atoms with Gasteiger partial charge in [0.05, 0.1) is 0 Å². The summed E-state index contributed by atoms with van der Waals surface area (Å²) < 4.78 is 26.9. The van der Waals surface area contributed by atoms with Gasteiger partial charge in [-0.3, -0.25) is 19.7 Å². The number of rotatable bonds is 4. The molecule has 2 aliphatic heterocycles. The Morgan fingerprint density at radius 2 is 2.04 bits per heavy atom. The van der Waals surface area contributed by atoms with E-state index in [4.69, 9.17) is 5.73 Å². The van der Waals surface area contributed by atoms with Crippen molar-refractivity contribution in [3.8, 4) is 0 Å². The van der Waals surface area contributed by atoms with E-state index in [-0.39, 0.29) is 37.6 Å². The molecular weight excluding hydrogens is 370 g/mol. The lowest BCUT2D eigenvalue weighted by atomic mass is 10.0. The number of fused-ring (bicyclic) bond motifs is 1. The molecule has 4 N–H and O–H groups in total. The first kappa shape index (κ1) is 18.9. The lowest BCUT2D eigenvalue weighted by Crippen LogP contribution is -2.52. The van der Waals surface area contributed by atoms with Gasteiger partial charge in [0.15, 0.2) is 0 Å². The van der Waals surface area contributed by atoms with Gasteiger partial charge in [0.25, 0.3) is 11.8 Å². The molecule has 2 heterocycles. The highest BCUT2D eigenvalue weighted by Crippen LogP contribution is 2.34. The average molecular weight is 392 g/mol. The summed E-state index contributed by atoms with van der Waals surface area (Å²) in [5, 5.41) is 5.36. The zero-order valence-electron chi connectivity index (χ0n) is 15.2. The molecule has 9 heteroatoms. The molecule has 1 saturated carbocycles. The van der Waals surface area contributed by atoms with Crippen LogP contribution in [-0.2, 0) is 22.7 Å². The average Bonchev–Trinajstić information content (AvgIpc) is 3.08. The number of imide groups is 1. The highest BCUT2D eigenvalue weighted by atomic mass is 19.3. The van der Waals surface area contributed by atoms with Gasteiger partial charge >= 0.3 is 0 Å². The van der Waals surface area contributed by atoms with E-state index < -0.39 is 30.0 Å². The Kier molecular flexibility index (Phi) is 4.67. The van der Waals surface area contributed by atoms with Crippen molar-refractivity contribution in [2.45, 2.75) is 62.8 Å². The molecule has 0 radical (unpaired) electrons. The van der Waals surface area contributed by atoms with Gasteiger partial charge in [-0.15, -0.1) is 0 Å². The number of carbonyl (C=O) groups excluding carboxylic acids is 3. The summed E-state index contributed by atoms with van der Waals surface area (Å²) in [5.74, 6) is -3.74. The minimum Gasteiger partial charge on any atom is -0.326 e. The molecule has 0 spiro atoms. The molecule has 1 aromatic carbocycles. The van der Waals surface area contributed by atoms with E-state index >= 15 is 0 Å². The van der Waals surface area contributed by atoms with Crippen LogP contribution in [-0.4, -0.2) is 46.7 Å². The molecule has 3 atom stereocenters. The molecule has 1 aliphatic carbocycles. The normalized spacial score (nSPS) is 29.2. The third-order valence-electron chi connectivity index (χ3n) is 5.73. The maximum Gasteiger partial charge on any atom is 0.255 e. The van der Waals surface area contributed by atoms with Crippen LogP contribution in [0.2, 0.25) is 0 Å². The first-order valence-corrected chi connectivity index (χ1v) is 9.37. The van der Waals surface area contributed by atoms with Gasteiger partial charge in [0.1, 0.15) is 6.04 Å². The third kappa shape index (κ3) is 3.51. The summed E-state index contributed by atoms with van der Waals surface area (Å²) >= 11 is 0. The predicted octanol–water partition coefficient (Wildman–Crippen LogP) is 0.662. The number of alkyl halides is 2. The van der Waals surface area contributed by atoms with Crippen LogP contribution in [0.3, 0.4) is 0 Å². The first-order valence-electron chi connectivity index (χ1n) is 9.37. The number of nitrogens with zero attached hydrogens (tertiary/aromatic N) is 1. The van der Waals surface area contributed by atoms with Crippen molar-refractivity contribution in [3.05, 3.63) is 34.9 Å². The zero-order valence-corrected chi connectivity index (χ0v) is 15.2. The van der Waals surface area contributed by atoms with E-state index in [1.807, 2.05) is 6.07 Å². The van der Waals surface area contributed by atoms with Crippen LogP contribution >= 0.6 is 0 Å². The second-order valence-electron chi connectivity index (χ2n) is 7.81. The minimum absolute atomic E-state index is 0.206. The van der Waals surface area contributed by atoms with E-state index in [0.717, 1.165) is 11.1 Å². The fourth-order valence-electron chi connectivity index (χ4n) is 4.25. The highest BCUT2D eigenvalue weighted by molar-refractivity contribution is 6.05. The Morgan fingerprint density at radius 3 is 2.71 bits per heavy atom. The molecule has 1 saturated heterocycles. The number of nitrogens with two attached hydrogens (primary N) is 1. The maximum atomic E-state index is 13.5. The molecule has 3 aliphatic rings. The number of halogens is 2. The Labute approximate surface area is 160 Å².